The van der Waals surface area contributed by atoms with Gasteiger partial charge >= 0.3 is 0 Å². The zero-order valence-electron chi connectivity index (χ0n) is 11.2. The van der Waals surface area contributed by atoms with Crippen LogP contribution in [0.1, 0.15) is 26.7 Å². The quantitative estimate of drug-likeness (QED) is 0.544. The van der Waals surface area contributed by atoms with Gasteiger partial charge in [-0.05, 0) is 26.4 Å². The summed E-state index contributed by atoms with van der Waals surface area (Å²) in [4.78, 5) is 2.28. The van der Waals surface area contributed by atoms with E-state index in [-0.39, 0.29) is 12.6 Å². The van der Waals surface area contributed by atoms with Crippen LogP contribution in [0.25, 0.3) is 0 Å². The summed E-state index contributed by atoms with van der Waals surface area (Å²) in [6, 6.07) is 0.640. The second kappa shape index (κ2) is 10.0. The van der Waals surface area contributed by atoms with E-state index in [0.717, 1.165) is 32.5 Å². The molecule has 4 nitrogen and oxygen atoms in total. The van der Waals surface area contributed by atoms with Gasteiger partial charge < -0.3 is 20.1 Å². The normalized spacial score (nSPS) is 13.7. The van der Waals surface area contributed by atoms with Crippen LogP contribution in [0.15, 0.2) is 0 Å². The van der Waals surface area contributed by atoms with Gasteiger partial charge in [0.15, 0.2) is 0 Å². The van der Waals surface area contributed by atoms with E-state index in [1.54, 1.807) is 7.11 Å². The summed E-state index contributed by atoms with van der Waals surface area (Å²) in [6.07, 6.45) is 2.05. The molecule has 0 aromatic carbocycles. The number of ether oxygens (including phenoxy) is 1. The standard InChI is InChI=1S/C12H28N2O2/c1-11(2)13-12(10-15)6-8-14(3)7-5-9-16-4/h11-13,15H,5-10H2,1-4H3. The van der Waals surface area contributed by atoms with Crippen molar-refractivity contribution in [2.75, 3.05) is 40.5 Å². The molecule has 0 amide bonds. The molecule has 0 aromatic rings. The van der Waals surface area contributed by atoms with Crippen molar-refractivity contribution in [3.63, 3.8) is 0 Å². The van der Waals surface area contributed by atoms with Crippen LogP contribution in [0.4, 0.5) is 0 Å². The summed E-state index contributed by atoms with van der Waals surface area (Å²) < 4.78 is 5.01. The number of nitrogens with one attached hydrogen (secondary N) is 1. The van der Waals surface area contributed by atoms with E-state index >= 15 is 0 Å². The first-order chi connectivity index (χ1) is 7.60. The van der Waals surface area contributed by atoms with Gasteiger partial charge in [-0.2, -0.15) is 0 Å². The SMILES string of the molecule is COCCCN(C)CCC(CO)NC(C)C. The van der Waals surface area contributed by atoms with Crippen molar-refractivity contribution in [2.24, 2.45) is 0 Å². The molecule has 0 aliphatic rings. The van der Waals surface area contributed by atoms with E-state index in [4.69, 9.17) is 4.74 Å². The fourth-order valence-electron chi connectivity index (χ4n) is 1.67. The molecule has 2 N–H and O–H groups in total. The van der Waals surface area contributed by atoms with Gasteiger partial charge in [0, 0.05) is 32.3 Å². The van der Waals surface area contributed by atoms with Crippen molar-refractivity contribution < 1.29 is 9.84 Å². The molecule has 0 aromatic heterocycles. The zero-order chi connectivity index (χ0) is 12.4. The van der Waals surface area contributed by atoms with Crippen molar-refractivity contribution in [3.8, 4) is 0 Å². The van der Waals surface area contributed by atoms with Crippen molar-refractivity contribution in [3.05, 3.63) is 0 Å². The summed E-state index contributed by atoms with van der Waals surface area (Å²) in [5.74, 6) is 0. The van der Waals surface area contributed by atoms with Crippen LogP contribution < -0.4 is 5.32 Å². The van der Waals surface area contributed by atoms with Crippen molar-refractivity contribution in [1.82, 2.24) is 10.2 Å². The van der Waals surface area contributed by atoms with Crippen molar-refractivity contribution in [1.29, 1.82) is 0 Å². The van der Waals surface area contributed by atoms with Crippen molar-refractivity contribution in [2.45, 2.75) is 38.8 Å². The third-order valence-electron chi connectivity index (χ3n) is 2.54. The van der Waals surface area contributed by atoms with E-state index in [1.165, 1.54) is 0 Å². The van der Waals surface area contributed by atoms with E-state index in [2.05, 4.69) is 31.1 Å². The molecule has 0 heterocycles. The fraction of sp³-hybridized carbons (Fsp3) is 1.00. The third-order valence-corrected chi connectivity index (χ3v) is 2.54. The van der Waals surface area contributed by atoms with Gasteiger partial charge in [0.2, 0.25) is 0 Å². The lowest BCUT2D eigenvalue weighted by Gasteiger charge is -2.22. The first-order valence-electron chi connectivity index (χ1n) is 6.14. The Morgan fingerprint density at radius 1 is 1.31 bits per heavy atom. The predicted octanol–water partition coefficient (Wildman–Crippen LogP) is 0.704. The number of rotatable bonds is 10. The average molecular weight is 232 g/mol. The molecule has 0 fully saturated rings. The highest BCUT2D eigenvalue weighted by Gasteiger charge is 2.09. The second-order valence-corrected chi connectivity index (χ2v) is 4.64. The molecule has 1 atom stereocenters. The van der Waals surface area contributed by atoms with Crippen LogP contribution >= 0.6 is 0 Å². The number of methoxy groups -OCH3 is 1. The first-order valence-corrected chi connectivity index (χ1v) is 6.14. The summed E-state index contributed by atoms with van der Waals surface area (Å²) in [6.45, 7) is 7.29. The maximum Gasteiger partial charge on any atom is 0.0585 e. The summed E-state index contributed by atoms with van der Waals surface area (Å²) in [5.41, 5.74) is 0. The monoisotopic (exact) mass is 232 g/mol. The number of hydrogen-bond acceptors (Lipinski definition) is 4. The molecule has 0 aliphatic carbocycles. The molecule has 0 radical (unpaired) electrons. The average Bonchev–Trinajstić information content (AvgIpc) is 2.24. The van der Waals surface area contributed by atoms with Gasteiger partial charge in [0.05, 0.1) is 6.61 Å². The molecule has 0 aliphatic heterocycles. The zero-order valence-corrected chi connectivity index (χ0v) is 11.2. The molecule has 0 saturated heterocycles. The largest absolute Gasteiger partial charge is 0.395 e. The predicted molar refractivity (Wildman–Crippen MR) is 67.8 cm³/mol. The van der Waals surface area contributed by atoms with Gasteiger partial charge in [0.1, 0.15) is 0 Å². The summed E-state index contributed by atoms with van der Waals surface area (Å²) in [5, 5.41) is 12.6. The van der Waals surface area contributed by atoms with Gasteiger partial charge in [-0.1, -0.05) is 13.8 Å². The molecule has 0 bridgehead atoms. The highest BCUT2D eigenvalue weighted by atomic mass is 16.5. The Balaban J connectivity index is 3.58. The molecule has 16 heavy (non-hydrogen) atoms. The number of nitrogens with zero attached hydrogens (tertiary/aromatic N) is 1. The lowest BCUT2D eigenvalue weighted by molar-refractivity contribution is 0.173. The Kier molecular flexibility index (Phi) is 9.92. The molecular formula is C12H28N2O2. The Labute approximate surface area is 100.0 Å². The molecule has 1 unspecified atom stereocenters. The lowest BCUT2D eigenvalue weighted by atomic mass is 10.2. The maximum atomic E-state index is 9.20. The van der Waals surface area contributed by atoms with Gasteiger partial charge in [-0.3, -0.25) is 0 Å². The molecule has 4 heteroatoms. The molecule has 98 valence electrons. The third kappa shape index (κ3) is 9.09. The minimum absolute atomic E-state index is 0.212. The maximum absolute atomic E-state index is 9.20. The lowest BCUT2D eigenvalue weighted by Crippen LogP contribution is -2.39. The van der Waals surface area contributed by atoms with E-state index < -0.39 is 0 Å². The van der Waals surface area contributed by atoms with Crippen molar-refractivity contribution >= 4 is 0 Å². The highest BCUT2D eigenvalue weighted by molar-refractivity contribution is 4.69. The molecule has 0 spiro atoms. The Morgan fingerprint density at radius 3 is 2.50 bits per heavy atom. The van der Waals surface area contributed by atoms with Crippen LogP contribution in [-0.4, -0.2) is 62.6 Å². The highest BCUT2D eigenvalue weighted by Crippen LogP contribution is 1.97. The number of aliphatic hydroxyl groups is 1. The van der Waals surface area contributed by atoms with Gasteiger partial charge in [-0.25, -0.2) is 0 Å². The van der Waals surface area contributed by atoms with Crippen LogP contribution in [0.3, 0.4) is 0 Å². The minimum atomic E-state index is 0.212. The van der Waals surface area contributed by atoms with Crippen LogP contribution in [-0.2, 0) is 4.74 Å². The molecule has 0 saturated carbocycles. The second-order valence-electron chi connectivity index (χ2n) is 4.64. The van der Waals surface area contributed by atoms with Crippen LogP contribution in [0.5, 0.6) is 0 Å². The van der Waals surface area contributed by atoms with Gasteiger partial charge in [-0.15, -0.1) is 0 Å². The van der Waals surface area contributed by atoms with Crippen LogP contribution in [0, 0.1) is 0 Å². The topological polar surface area (TPSA) is 44.7 Å². The number of hydrogen-bond donors (Lipinski definition) is 2. The smallest absolute Gasteiger partial charge is 0.0585 e. The molecular weight excluding hydrogens is 204 g/mol. The van der Waals surface area contributed by atoms with Gasteiger partial charge in [0.25, 0.3) is 0 Å². The van der Waals surface area contributed by atoms with Crippen LogP contribution in [0.2, 0.25) is 0 Å². The van der Waals surface area contributed by atoms with E-state index in [9.17, 15) is 5.11 Å². The first kappa shape index (κ1) is 15.8. The summed E-state index contributed by atoms with van der Waals surface area (Å²) >= 11 is 0. The minimum Gasteiger partial charge on any atom is -0.395 e. The van der Waals surface area contributed by atoms with E-state index in [0.29, 0.717) is 6.04 Å². The Hall–Kier alpha value is -0.160. The molecule has 0 rings (SSSR count). The summed E-state index contributed by atoms with van der Waals surface area (Å²) in [7, 11) is 3.84. The van der Waals surface area contributed by atoms with E-state index in [1.807, 2.05) is 0 Å². The Morgan fingerprint density at radius 2 is 2.00 bits per heavy atom. The fourth-order valence-corrected chi connectivity index (χ4v) is 1.67. The number of aliphatic hydroxyl groups excluding tert-OH is 1. The Bertz CT molecular complexity index is 154.